The summed E-state index contributed by atoms with van der Waals surface area (Å²) in [6.45, 7) is 1.74. The second-order valence-corrected chi connectivity index (χ2v) is 7.35. The highest BCUT2D eigenvalue weighted by atomic mass is 16.1. The molecule has 0 radical (unpaired) electrons. The molecule has 28 heavy (non-hydrogen) atoms. The van der Waals surface area contributed by atoms with Crippen molar-refractivity contribution in [3.63, 3.8) is 0 Å². The van der Waals surface area contributed by atoms with Gasteiger partial charge < -0.3 is 4.90 Å². The van der Waals surface area contributed by atoms with Gasteiger partial charge in [-0.1, -0.05) is 18.2 Å². The van der Waals surface area contributed by atoms with Crippen molar-refractivity contribution in [2.24, 2.45) is 13.0 Å². The smallest absolute Gasteiger partial charge is 0.263 e. The van der Waals surface area contributed by atoms with Crippen molar-refractivity contribution >= 4 is 17.0 Å². The minimum absolute atomic E-state index is 0.155. The van der Waals surface area contributed by atoms with Crippen LogP contribution in [0.2, 0.25) is 0 Å². The molecule has 4 heterocycles. The lowest BCUT2D eigenvalue weighted by Gasteiger charge is -2.17. The number of para-hydroxylation sites is 1. The first-order chi connectivity index (χ1) is 13.7. The minimum atomic E-state index is -0.155. The van der Waals surface area contributed by atoms with E-state index in [9.17, 15) is 4.79 Å². The molecule has 142 valence electrons. The van der Waals surface area contributed by atoms with Gasteiger partial charge in [-0.2, -0.15) is 15.2 Å². The third-order valence-corrected chi connectivity index (χ3v) is 5.29. The number of aromatic nitrogens is 6. The van der Waals surface area contributed by atoms with E-state index in [-0.39, 0.29) is 5.56 Å². The predicted molar refractivity (Wildman–Crippen MR) is 107 cm³/mol. The molecule has 1 saturated heterocycles. The van der Waals surface area contributed by atoms with Crippen molar-refractivity contribution in [1.82, 2.24) is 29.5 Å². The van der Waals surface area contributed by atoms with Crippen LogP contribution in [0.15, 0.2) is 53.7 Å². The zero-order valence-corrected chi connectivity index (χ0v) is 15.6. The number of nitrogens with one attached hydrogen (secondary N) is 1. The van der Waals surface area contributed by atoms with Crippen LogP contribution in [0, 0.1) is 5.92 Å². The van der Waals surface area contributed by atoms with Gasteiger partial charge in [0, 0.05) is 26.3 Å². The second-order valence-electron chi connectivity index (χ2n) is 7.35. The lowest BCUT2D eigenvalue weighted by Crippen LogP contribution is -2.25. The molecule has 1 fully saturated rings. The summed E-state index contributed by atoms with van der Waals surface area (Å²) in [4.78, 5) is 22.4. The van der Waals surface area contributed by atoms with Crippen LogP contribution in [0.3, 0.4) is 0 Å². The van der Waals surface area contributed by atoms with Crippen molar-refractivity contribution in [3.05, 3.63) is 64.8 Å². The Bertz CT molecular complexity index is 1170. The molecule has 1 atom stereocenters. The molecule has 0 aliphatic carbocycles. The fraction of sp³-hybridized carbons (Fsp3) is 0.300. The standard InChI is InChI=1S/C20H21N7O/c1-25-12-15(10-21-25)9-14-7-8-26(13-14)20-23-18-17(19(28)24-20)11-22-27(18)16-5-3-2-4-6-16/h2-6,10-12,14H,7-9,13H2,1H3,(H,23,24,28). The van der Waals surface area contributed by atoms with E-state index in [1.54, 1.807) is 10.9 Å². The number of aryl methyl sites for hydroxylation is 1. The van der Waals surface area contributed by atoms with E-state index in [2.05, 4.69) is 26.3 Å². The highest BCUT2D eigenvalue weighted by molar-refractivity contribution is 5.76. The molecule has 0 amide bonds. The molecule has 1 aromatic carbocycles. The lowest BCUT2D eigenvalue weighted by atomic mass is 10.0. The minimum Gasteiger partial charge on any atom is -0.342 e. The largest absolute Gasteiger partial charge is 0.342 e. The number of benzene rings is 1. The van der Waals surface area contributed by atoms with E-state index in [0.29, 0.717) is 22.9 Å². The Balaban J connectivity index is 1.44. The van der Waals surface area contributed by atoms with Gasteiger partial charge in [0.05, 0.1) is 18.1 Å². The van der Waals surface area contributed by atoms with Crippen molar-refractivity contribution < 1.29 is 0 Å². The van der Waals surface area contributed by atoms with E-state index < -0.39 is 0 Å². The molecule has 3 aromatic heterocycles. The van der Waals surface area contributed by atoms with Gasteiger partial charge in [-0.25, -0.2) is 4.68 Å². The maximum atomic E-state index is 12.6. The number of fused-ring (bicyclic) bond motifs is 1. The van der Waals surface area contributed by atoms with Crippen LogP contribution in [0.25, 0.3) is 16.7 Å². The van der Waals surface area contributed by atoms with Gasteiger partial charge in [0.1, 0.15) is 5.39 Å². The molecule has 1 unspecified atom stereocenters. The van der Waals surface area contributed by atoms with Crippen LogP contribution in [-0.2, 0) is 13.5 Å². The van der Waals surface area contributed by atoms with E-state index >= 15 is 0 Å². The van der Waals surface area contributed by atoms with E-state index in [1.165, 1.54) is 5.56 Å². The maximum Gasteiger partial charge on any atom is 0.263 e. The van der Waals surface area contributed by atoms with Crippen molar-refractivity contribution in [3.8, 4) is 5.69 Å². The molecule has 1 aliphatic rings. The summed E-state index contributed by atoms with van der Waals surface area (Å²) in [6, 6.07) is 9.75. The van der Waals surface area contributed by atoms with E-state index in [1.807, 2.05) is 48.3 Å². The Morgan fingerprint density at radius 1 is 1.18 bits per heavy atom. The number of hydrogen-bond acceptors (Lipinski definition) is 5. The fourth-order valence-corrected chi connectivity index (χ4v) is 3.92. The summed E-state index contributed by atoms with van der Waals surface area (Å²) in [5.74, 6) is 1.13. The molecule has 5 rings (SSSR count). The molecule has 0 bridgehead atoms. The Kier molecular flexibility index (Phi) is 3.96. The van der Waals surface area contributed by atoms with Gasteiger partial charge in [0.15, 0.2) is 5.65 Å². The van der Waals surface area contributed by atoms with Crippen LogP contribution in [0.5, 0.6) is 0 Å². The van der Waals surface area contributed by atoms with Gasteiger partial charge >= 0.3 is 0 Å². The van der Waals surface area contributed by atoms with Crippen molar-refractivity contribution in [1.29, 1.82) is 0 Å². The second kappa shape index (κ2) is 6.63. The first kappa shape index (κ1) is 16.7. The van der Waals surface area contributed by atoms with E-state index in [4.69, 9.17) is 4.98 Å². The Morgan fingerprint density at radius 3 is 2.82 bits per heavy atom. The van der Waals surface area contributed by atoms with Gasteiger partial charge in [0.2, 0.25) is 5.95 Å². The summed E-state index contributed by atoms with van der Waals surface area (Å²) < 4.78 is 3.55. The first-order valence-electron chi connectivity index (χ1n) is 9.43. The third-order valence-electron chi connectivity index (χ3n) is 5.29. The molecule has 4 aromatic rings. The number of H-pyrrole nitrogens is 1. The third kappa shape index (κ3) is 2.96. The van der Waals surface area contributed by atoms with Crippen LogP contribution < -0.4 is 10.5 Å². The monoisotopic (exact) mass is 375 g/mol. The van der Waals surface area contributed by atoms with E-state index in [0.717, 1.165) is 31.6 Å². The Morgan fingerprint density at radius 2 is 2.04 bits per heavy atom. The van der Waals surface area contributed by atoms with Crippen molar-refractivity contribution in [2.75, 3.05) is 18.0 Å². The SMILES string of the molecule is Cn1cc(CC2CCN(c3nc4c(cnn4-c4ccccc4)c(=O)[nH]3)C2)cn1. The molecular weight excluding hydrogens is 354 g/mol. The van der Waals surface area contributed by atoms with Crippen LogP contribution in [0.4, 0.5) is 5.95 Å². The number of anilines is 1. The Hall–Kier alpha value is -3.42. The molecule has 1 N–H and O–H groups in total. The molecule has 0 saturated carbocycles. The van der Waals surface area contributed by atoms with Crippen molar-refractivity contribution in [2.45, 2.75) is 12.8 Å². The number of rotatable bonds is 4. The summed E-state index contributed by atoms with van der Waals surface area (Å²) in [7, 11) is 1.93. The number of aromatic amines is 1. The maximum absolute atomic E-state index is 12.6. The molecule has 8 heteroatoms. The van der Waals surface area contributed by atoms with Gasteiger partial charge in [-0.3, -0.25) is 14.5 Å². The topological polar surface area (TPSA) is 84.6 Å². The van der Waals surface area contributed by atoms with Gasteiger partial charge in [0.25, 0.3) is 5.56 Å². The predicted octanol–water partition coefficient (Wildman–Crippen LogP) is 1.91. The molecular formula is C20H21N7O. The number of nitrogens with zero attached hydrogens (tertiary/aromatic N) is 6. The summed E-state index contributed by atoms with van der Waals surface area (Å²) in [5, 5.41) is 9.12. The van der Waals surface area contributed by atoms with Crippen LogP contribution >= 0.6 is 0 Å². The first-order valence-corrected chi connectivity index (χ1v) is 9.43. The zero-order chi connectivity index (χ0) is 19.1. The normalized spacial score (nSPS) is 16.9. The van der Waals surface area contributed by atoms with Crippen LogP contribution in [0.1, 0.15) is 12.0 Å². The average molecular weight is 375 g/mol. The fourth-order valence-electron chi connectivity index (χ4n) is 3.92. The quantitative estimate of drug-likeness (QED) is 0.589. The van der Waals surface area contributed by atoms with Gasteiger partial charge in [-0.05, 0) is 36.5 Å². The summed E-state index contributed by atoms with van der Waals surface area (Å²) >= 11 is 0. The molecule has 8 nitrogen and oxygen atoms in total. The summed E-state index contributed by atoms with van der Waals surface area (Å²) in [5.41, 5.74) is 2.56. The Labute approximate surface area is 161 Å². The zero-order valence-electron chi connectivity index (χ0n) is 15.6. The highest BCUT2D eigenvalue weighted by Crippen LogP contribution is 2.24. The lowest BCUT2D eigenvalue weighted by molar-refractivity contribution is 0.585. The number of hydrogen-bond donors (Lipinski definition) is 1. The van der Waals surface area contributed by atoms with Crippen LogP contribution in [-0.4, -0.2) is 42.6 Å². The average Bonchev–Trinajstić information content (AvgIpc) is 3.43. The van der Waals surface area contributed by atoms with Gasteiger partial charge in [-0.15, -0.1) is 0 Å². The molecule has 1 aliphatic heterocycles. The molecule has 0 spiro atoms. The summed E-state index contributed by atoms with van der Waals surface area (Å²) in [6.07, 6.45) is 7.61. The highest BCUT2D eigenvalue weighted by Gasteiger charge is 2.25.